The number of anilines is 1. The predicted octanol–water partition coefficient (Wildman–Crippen LogP) is 5.95. The maximum Gasteiger partial charge on any atom is 0.300 e. The van der Waals surface area contributed by atoms with E-state index in [-0.39, 0.29) is 32.7 Å². The summed E-state index contributed by atoms with van der Waals surface area (Å²) in [6, 6.07) is 14.5. The van der Waals surface area contributed by atoms with Crippen molar-refractivity contribution in [2.75, 3.05) is 26.2 Å². The van der Waals surface area contributed by atoms with E-state index in [0.29, 0.717) is 17.0 Å². The lowest BCUT2D eigenvalue weighted by Crippen LogP contribution is -2.29. The van der Waals surface area contributed by atoms with E-state index in [1.165, 1.54) is 32.3 Å². The first-order valence-corrected chi connectivity index (χ1v) is 11.6. The zero-order valence-corrected chi connectivity index (χ0v) is 21.5. The first-order valence-electron chi connectivity index (χ1n) is 10.8. The van der Waals surface area contributed by atoms with Crippen molar-refractivity contribution in [3.63, 3.8) is 0 Å². The highest BCUT2D eigenvalue weighted by Gasteiger charge is 2.47. The summed E-state index contributed by atoms with van der Waals surface area (Å²) in [5.41, 5.74) is 1.93. The fourth-order valence-electron chi connectivity index (χ4n) is 4.22. The maximum atomic E-state index is 13.4. The Bertz CT molecular complexity index is 1380. The van der Waals surface area contributed by atoms with Gasteiger partial charge in [-0.05, 0) is 42.8 Å². The van der Waals surface area contributed by atoms with Gasteiger partial charge in [-0.1, -0.05) is 53.0 Å². The molecule has 3 aromatic carbocycles. The van der Waals surface area contributed by atoms with Crippen LogP contribution in [0, 0.1) is 6.92 Å². The molecule has 0 radical (unpaired) electrons. The minimum atomic E-state index is -0.966. The van der Waals surface area contributed by atoms with Crippen LogP contribution in [0.1, 0.15) is 22.7 Å². The molecule has 3 aromatic rings. The van der Waals surface area contributed by atoms with E-state index in [2.05, 4.69) is 0 Å². The van der Waals surface area contributed by atoms with Crippen molar-refractivity contribution in [3.05, 3.63) is 86.9 Å². The van der Waals surface area contributed by atoms with Crippen LogP contribution in [0.25, 0.3) is 5.76 Å². The van der Waals surface area contributed by atoms with Gasteiger partial charge >= 0.3 is 0 Å². The molecule has 7 nitrogen and oxygen atoms in total. The third kappa shape index (κ3) is 4.25. The van der Waals surface area contributed by atoms with E-state index < -0.39 is 23.5 Å². The fraction of sp³-hybridized carbons (Fsp3) is 0.185. The molecule has 1 unspecified atom stereocenters. The number of Topliss-reactive ketones (excluding diaryl/α,β-unsaturated/α-hetero) is 1. The lowest BCUT2D eigenvalue weighted by atomic mass is 9.94. The molecule has 1 saturated heterocycles. The minimum Gasteiger partial charge on any atom is -0.507 e. The summed E-state index contributed by atoms with van der Waals surface area (Å²) in [7, 11) is 4.26. The van der Waals surface area contributed by atoms with Gasteiger partial charge in [0.05, 0.1) is 43.5 Å². The van der Waals surface area contributed by atoms with Crippen molar-refractivity contribution in [3.8, 4) is 17.2 Å². The average Bonchev–Trinajstić information content (AvgIpc) is 3.14. The molecule has 1 fully saturated rings. The van der Waals surface area contributed by atoms with Crippen LogP contribution in [-0.4, -0.2) is 38.1 Å². The standard InChI is InChI=1S/C27H23Cl2NO6/c1-14-8-10-16(11-9-14)30-22(15-6-5-7-17(12-15)34-2)20(24(32)27(30)33)23(31)18-13-19(28)26(36-4)21(29)25(18)35-3/h5-13,22,31H,1-4H3/b23-20+. The Balaban J connectivity index is 2.02. The third-order valence-corrected chi connectivity index (χ3v) is 6.58. The van der Waals surface area contributed by atoms with Gasteiger partial charge in [0, 0.05) is 5.69 Å². The molecular formula is C27H23Cl2NO6. The Labute approximate surface area is 218 Å². The molecule has 36 heavy (non-hydrogen) atoms. The lowest BCUT2D eigenvalue weighted by Gasteiger charge is -2.26. The highest BCUT2D eigenvalue weighted by molar-refractivity contribution is 6.52. The fourth-order valence-corrected chi connectivity index (χ4v) is 4.91. The van der Waals surface area contributed by atoms with Gasteiger partial charge in [-0.25, -0.2) is 0 Å². The molecule has 9 heteroatoms. The second-order valence-corrected chi connectivity index (χ2v) is 8.85. The molecule has 1 aliphatic heterocycles. The summed E-state index contributed by atoms with van der Waals surface area (Å²) in [5.74, 6) is -1.43. The summed E-state index contributed by atoms with van der Waals surface area (Å²) in [4.78, 5) is 28.1. The van der Waals surface area contributed by atoms with Gasteiger partial charge in [-0.3, -0.25) is 14.5 Å². The zero-order chi connectivity index (χ0) is 26.1. The van der Waals surface area contributed by atoms with Gasteiger partial charge < -0.3 is 19.3 Å². The van der Waals surface area contributed by atoms with Crippen LogP contribution >= 0.6 is 23.2 Å². The van der Waals surface area contributed by atoms with Gasteiger partial charge in [0.25, 0.3) is 11.7 Å². The minimum absolute atomic E-state index is 0.0137. The number of halogens is 2. The van der Waals surface area contributed by atoms with E-state index >= 15 is 0 Å². The highest BCUT2D eigenvalue weighted by atomic mass is 35.5. The molecule has 1 atom stereocenters. The molecule has 0 bridgehead atoms. The van der Waals surface area contributed by atoms with Crippen molar-refractivity contribution in [2.45, 2.75) is 13.0 Å². The van der Waals surface area contributed by atoms with Gasteiger partial charge in [-0.15, -0.1) is 0 Å². The monoisotopic (exact) mass is 527 g/mol. The molecule has 1 amide bonds. The quantitative estimate of drug-likeness (QED) is 0.242. The Morgan fingerprint density at radius 1 is 0.917 bits per heavy atom. The summed E-state index contributed by atoms with van der Waals surface area (Å²) < 4.78 is 16.0. The normalized spacial score (nSPS) is 16.8. The number of ketones is 1. The van der Waals surface area contributed by atoms with Crippen LogP contribution in [0.15, 0.2) is 60.2 Å². The molecule has 0 spiro atoms. The molecule has 186 valence electrons. The SMILES string of the molecule is COc1cccc(C2/C(=C(\O)c3cc(Cl)c(OC)c(Cl)c3OC)C(=O)C(=O)N2c2ccc(C)cc2)c1. The van der Waals surface area contributed by atoms with Gasteiger partial charge in [-0.2, -0.15) is 0 Å². The van der Waals surface area contributed by atoms with Gasteiger partial charge in [0.1, 0.15) is 16.5 Å². The lowest BCUT2D eigenvalue weighted by molar-refractivity contribution is -0.132. The Morgan fingerprint density at radius 3 is 2.19 bits per heavy atom. The molecule has 4 rings (SSSR count). The van der Waals surface area contributed by atoms with Crippen LogP contribution in [0.2, 0.25) is 10.0 Å². The van der Waals surface area contributed by atoms with Crippen molar-refractivity contribution < 1.29 is 28.9 Å². The van der Waals surface area contributed by atoms with Crippen LogP contribution < -0.4 is 19.1 Å². The van der Waals surface area contributed by atoms with E-state index in [1.54, 1.807) is 36.4 Å². The first kappa shape index (κ1) is 25.4. The average molecular weight is 528 g/mol. The molecule has 1 heterocycles. The topological polar surface area (TPSA) is 85.3 Å². The molecular weight excluding hydrogens is 505 g/mol. The number of rotatable bonds is 6. The number of aliphatic hydroxyl groups excluding tert-OH is 1. The van der Waals surface area contributed by atoms with E-state index in [4.69, 9.17) is 37.4 Å². The predicted molar refractivity (Wildman–Crippen MR) is 139 cm³/mol. The van der Waals surface area contributed by atoms with Crippen molar-refractivity contribution in [1.29, 1.82) is 0 Å². The smallest absolute Gasteiger partial charge is 0.300 e. The summed E-state index contributed by atoms with van der Waals surface area (Å²) in [6.45, 7) is 1.92. The summed E-state index contributed by atoms with van der Waals surface area (Å²) >= 11 is 12.8. The molecule has 0 aromatic heterocycles. The molecule has 0 aliphatic carbocycles. The van der Waals surface area contributed by atoms with Crippen LogP contribution in [-0.2, 0) is 9.59 Å². The molecule has 0 saturated carbocycles. The Kier molecular flexibility index (Phi) is 7.15. The molecule has 1 N–H and O–H groups in total. The number of nitrogens with zero attached hydrogens (tertiary/aromatic N) is 1. The van der Waals surface area contributed by atoms with E-state index in [9.17, 15) is 14.7 Å². The molecule has 1 aliphatic rings. The number of aryl methyl sites for hydroxylation is 1. The number of hydrogen-bond donors (Lipinski definition) is 1. The van der Waals surface area contributed by atoms with Gasteiger partial charge in [0.15, 0.2) is 11.5 Å². The number of carbonyl (C=O) groups is 2. The van der Waals surface area contributed by atoms with E-state index in [0.717, 1.165) is 5.56 Å². The van der Waals surface area contributed by atoms with Gasteiger partial charge in [0.2, 0.25) is 0 Å². The van der Waals surface area contributed by atoms with Crippen molar-refractivity contribution in [1.82, 2.24) is 0 Å². The number of methoxy groups -OCH3 is 3. The number of hydrogen-bond acceptors (Lipinski definition) is 6. The van der Waals surface area contributed by atoms with Crippen molar-refractivity contribution in [2.24, 2.45) is 0 Å². The second kappa shape index (κ2) is 10.1. The highest BCUT2D eigenvalue weighted by Crippen LogP contribution is 2.48. The van der Waals surface area contributed by atoms with Crippen LogP contribution in [0.5, 0.6) is 17.2 Å². The van der Waals surface area contributed by atoms with E-state index in [1.807, 2.05) is 19.1 Å². The van der Waals surface area contributed by atoms with Crippen LogP contribution in [0.3, 0.4) is 0 Å². The second-order valence-electron chi connectivity index (χ2n) is 8.07. The summed E-state index contributed by atoms with van der Waals surface area (Å²) in [6.07, 6.45) is 0. The number of carbonyl (C=O) groups excluding carboxylic acids is 2. The Hall–Kier alpha value is -3.68. The third-order valence-electron chi connectivity index (χ3n) is 5.96. The first-order chi connectivity index (χ1) is 17.2. The zero-order valence-electron chi connectivity index (χ0n) is 20.0. The number of aliphatic hydroxyl groups is 1. The van der Waals surface area contributed by atoms with Crippen molar-refractivity contribution >= 4 is 46.3 Å². The number of amides is 1. The summed E-state index contributed by atoms with van der Waals surface area (Å²) in [5, 5.41) is 11.6. The largest absolute Gasteiger partial charge is 0.507 e. The van der Waals surface area contributed by atoms with Crippen LogP contribution in [0.4, 0.5) is 5.69 Å². The Morgan fingerprint density at radius 2 is 1.58 bits per heavy atom. The number of ether oxygens (including phenoxy) is 3. The maximum absolute atomic E-state index is 13.4. The number of benzene rings is 3.